The van der Waals surface area contributed by atoms with Gasteiger partial charge >= 0.3 is 17.2 Å². The van der Waals surface area contributed by atoms with Crippen LogP contribution in [-0.4, -0.2) is 59.4 Å². The van der Waals surface area contributed by atoms with Crippen LogP contribution in [-0.2, 0) is 59.2 Å². The van der Waals surface area contributed by atoms with Crippen molar-refractivity contribution in [3.05, 3.63) is 114 Å². The van der Waals surface area contributed by atoms with Gasteiger partial charge in [-0.1, -0.05) is 30.0 Å². The predicted octanol–water partition coefficient (Wildman–Crippen LogP) is 1.46. The van der Waals surface area contributed by atoms with E-state index in [0.29, 0.717) is 43.2 Å². The number of hydrogen-bond donors (Lipinski definition) is 4. The zero-order valence-electron chi connectivity index (χ0n) is 32.1. The molecule has 3 aliphatic heterocycles. The molecule has 0 atom stereocenters. The van der Waals surface area contributed by atoms with Crippen molar-refractivity contribution in [1.82, 2.24) is 16.0 Å². The molecule has 0 unspecified atom stereocenters. The van der Waals surface area contributed by atoms with Crippen LogP contribution in [0.15, 0.2) is 72.7 Å². The summed E-state index contributed by atoms with van der Waals surface area (Å²) in [4.78, 5) is 111. The number of carbonyl (C=O) groups is 8. The zero-order chi connectivity index (χ0) is 44.2. The number of carbonyl (C=O) groups excluding carboxylic acids is 8. The van der Waals surface area contributed by atoms with E-state index < -0.39 is 52.7 Å². The molecule has 2 aromatic heterocycles. The molecule has 5 heterocycles. The van der Waals surface area contributed by atoms with Crippen LogP contribution in [0, 0.1) is 36.5 Å². The molecule has 0 radical (unpaired) electrons. The Labute approximate surface area is 341 Å². The van der Waals surface area contributed by atoms with Crippen molar-refractivity contribution in [2.45, 2.75) is 64.2 Å². The van der Waals surface area contributed by atoms with Gasteiger partial charge < -0.3 is 18.7 Å². The maximum atomic E-state index is 12.0. The van der Waals surface area contributed by atoms with E-state index in [0.717, 1.165) is 11.6 Å². The number of aryl methyl sites for hydroxylation is 2. The largest absolute Gasteiger partial charge is 0.512 e. The molecule has 0 saturated carbocycles. The van der Waals surface area contributed by atoms with Gasteiger partial charge in [0.2, 0.25) is 17.7 Å². The second-order valence-electron chi connectivity index (χ2n) is 12.5. The molecule has 0 aliphatic carbocycles. The van der Waals surface area contributed by atoms with Gasteiger partial charge in [0.25, 0.3) is 17.7 Å². The topological polar surface area (TPSA) is 263 Å². The first-order valence-electron chi connectivity index (χ1n) is 17.9. The Morgan fingerprint density at radius 2 is 1.25 bits per heavy atom. The Kier molecular flexibility index (Phi) is 17.9. The molecule has 6 rings (SSSR count). The van der Waals surface area contributed by atoms with Crippen molar-refractivity contribution in [1.29, 1.82) is 0 Å². The molecule has 3 aromatic rings. The van der Waals surface area contributed by atoms with Gasteiger partial charge in [-0.3, -0.25) is 54.3 Å². The molecule has 3 aliphatic rings. The van der Waals surface area contributed by atoms with E-state index in [9.17, 15) is 47.9 Å². The highest BCUT2D eigenvalue weighted by molar-refractivity contribution is 6.10. The molecule has 0 fully saturated rings. The first kappa shape index (κ1) is 46.3. The lowest BCUT2D eigenvalue weighted by atomic mass is 9.98. The lowest BCUT2D eigenvalue weighted by Gasteiger charge is -2.16. The smallest absolute Gasteiger partial charge is 0.336 e. The number of nitrogens with one attached hydrogen (secondary N) is 3. The third-order valence-electron chi connectivity index (χ3n) is 7.92. The summed E-state index contributed by atoms with van der Waals surface area (Å²) in [6, 6.07) is 12.1. The van der Waals surface area contributed by atoms with E-state index in [1.165, 1.54) is 19.2 Å². The monoisotopic (exact) mass is 819 g/mol. The molecule has 6 amide bonds. The summed E-state index contributed by atoms with van der Waals surface area (Å²) < 4.78 is 14.1. The van der Waals surface area contributed by atoms with Crippen molar-refractivity contribution in [3.63, 3.8) is 0 Å². The van der Waals surface area contributed by atoms with Crippen molar-refractivity contribution >= 4 is 47.2 Å². The SMILES string of the molecule is C#CCCC(=O)CC(=O)OC.C#CCCc1cc(=O)oc2c1C(=O)NC(=O)C2.O=C1C=C(O)CC(=O)N1.O=C1Cc2oc(=O)cc(CCC#Cc3ccccc3)c2C(=O)N1. The van der Waals surface area contributed by atoms with E-state index in [1.807, 2.05) is 35.6 Å². The molecular weight excluding hydrogens is 782 g/mol. The summed E-state index contributed by atoms with van der Waals surface area (Å²) in [6.07, 6.45) is 13.0. The fourth-order valence-corrected chi connectivity index (χ4v) is 5.35. The van der Waals surface area contributed by atoms with Gasteiger partial charge in [-0.15, -0.1) is 24.7 Å². The van der Waals surface area contributed by atoms with E-state index in [4.69, 9.17) is 26.8 Å². The Bertz CT molecular complexity index is 2490. The molecule has 17 heteroatoms. The number of terminal acetylenes is 2. The first-order chi connectivity index (χ1) is 28.6. The predicted molar refractivity (Wildman–Crippen MR) is 209 cm³/mol. The molecule has 308 valence electrons. The van der Waals surface area contributed by atoms with Crippen LogP contribution in [0.4, 0.5) is 0 Å². The number of ether oxygens (including phenoxy) is 1. The molecular formula is C43H37N3O14. The van der Waals surface area contributed by atoms with Gasteiger partial charge in [-0.2, -0.15) is 0 Å². The van der Waals surface area contributed by atoms with Crippen molar-refractivity contribution in [2.75, 3.05) is 7.11 Å². The number of hydrogen-bond acceptors (Lipinski definition) is 14. The number of amides is 6. The van der Waals surface area contributed by atoms with Crippen molar-refractivity contribution in [2.24, 2.45) is 0 Å². The Hall–Kier alpha value is -8.10. The standard InChI is InChI=1S/C18H13NO4.C12H9NO4.C8H10O3.C5H5NO3/c20-15-11-14-17(18(22)19-15)13(10-16(21)23-14)9-5-4-8-12-6-2-1-3-7-12;1-2-3-4-7-5-10(15)17-8-6-9(14)13-12(16)11(7)8;1-3-4-5-7(9)6-8(10)11-2;7-3-1-4(8)6-5(9)2-3/h1-3,6-7,10H,5,9,11H2,(H,19,20,22);1,5H,3-4,6H2,(H,13,14,16);1H,4-6H2,2H3;1,7H,2H2,(H,6,8,9). The number of rotatable bonds is 8. The summed E-state index contributed by atoms with van der Waals surface area (Å²) >= 11 is 0. The summed E-state index contributed by atoms with van der Waals surface area (Å²) in [7, 11) is 1.25. The molecule has 1 aromatic carbocycles. The molecule has 4 N–H and O–H groups in total. The molecule has 17 nitrogen and oxygen atoms in total. The van der Waals surface area contributed by atoms with E-state index >= 15 is 0 Å². The summed E-state index contributed by atoms with van der Waals surface area (Å²) in [5.74, 6) is 7.19. The number of fused-ring (bicyclic) bond motifs is 2. The lowest BCUT2D eigenvalue weighted by Crippen LogP contribution is -2.38. The highest BCUT2D eigenvalue weighted by atomic mass is 16.5. The van der Waals surface area contributed by atoms with Gasteiger partial charge in [0, 0.05) is 49.5 Å². The average Bonchev–Trinajstić information content (AvgIpc) is 3.17. The summed E-state index contributed by atoms with van der Waals surface area (Å²) in [5, 5.41) is 15.0. The zero-order valence-corrected chi connectivity index (χ0v) is 32.1. The van der Waals surface area contributed by atoms with E-state index in [1.54, 1.807) is 0 Å². The van der Waals surface area contributed by atoms with Crippen LogP contribution in [0.25, 0.3) is 0 Å². The highest BCUT2D eigenvalue weighted by Crippen LogP contribution is 2.19. The number of esters is 1. The van der Waals surface area contributed by atoms with Crippen LogP contribution in [0.2, 0.25) is 0 Å². The first-order valence-corrected chi connectivity index (χ1v) is 17.9. The third kappa shape index (κ3) is 15.1. The van der Waals surface area contributed by atoms with Gasteiger partial charge in [0.15, 0.2) is 0 Å². The maximum Gasteiger partial charge on any atom is 0.336 e. The van der Waals surface area contributed by atoms with Crippen molar-refractivity contribution < 1.29 is 57.0 Å². The van der Waals surface area contributed by atoms with Crippen LogP contribution in [0.5, 0.6) is 0 Å². The minimum atomic E-state index is -0.571. The Morgan fingerprint density at radius 3 is 1.73 bits per heavy atom. The molecule has 0 saturated heterocycles. The number of Topliss-reactive ketones (excluding diaryl/α,β-unsaturated/α-hetero) is 1. The number of aliphatic hydroxyl groups is 1. The van der Waals surface area contributed by atoms with Crippen LogP contribution < -0.4 is 27.2 Å². The summed E-state index contributed by atoms with van der Waals surface area (Å²) in [5.41, 5.74) is 1.41. The number of methoxy groups -OCH3 is 1. The van der Waals surface area contributed by atoms with E-state index in [2.05, 4.69) is 39.1 Å². The molecule has 60 heavy (non-hydrogen) atoms. The average molecular weight is 820 g/mol. The van der Waals surface area contributed by atoms with Gasteiger partial charge in [0.1, 0.15) is 29.5 Å². The Balaban J connectivity index is 0.000000229. The number of imide groups is 3. The van der Waals surface area contributed by atoms with Crippen LogP contribution >= 0.6 is 0 Å². The number of ketones is 1. The number of aliphatic hydroxyl groups excluding tert-OH is 1. The second kappa shape index (κ2) is 23.2. The van der Waals surface area contributed by atoms with Crippen LogP contribution in [0.3, 0.4) is 0 Å². The lowest BCUT2D eigenvalue weighted by molar-refractivity contribution is -0.143. The number of benzene rings is 1. The second-order valence-corrected chi connectivity index (χ2v) is 12.5. The maximum absolute atomic E-state index is 12.0. The van der Waals surface area contributed by atoms with Gasteiger partial charge in [-0.05, 0) is 36.1 Å². The van der Waals surface area contributed by atoms with E-state index in [-0.39, 0.29) is 66.3 Å². The highest BCUT2D eigenvalue weighted by Gasteiger charge is 2.29. The molecule has 0 spiro atoms. The minimum absolute atomic E-state index is 0.0915. The quantitative estimate of drug-likeness (QED) is 0.109. The minimum Gasteiger partial charge on any atom is -0.512 e. The van der Waals surface area contributed by atoms with Gasteiger partial charge in [0.05, 0.1) is 37.5 Å². The summed E-state index contributed by atoms with van der Waals surface area (Å²) in [6.45, 7) is 0. The van der Waals surface area contributed by atoms with Crippen molar-refractivity contribution in [3.8, 4) is 36.5 Å². The normalized spacial score (nSPS) is 13.2. The van der Waals surface area contributed by atoms with Gasteiger partial charge in [-0.25, -0.2) is 9.59 Å². The molecule has 0 bridgehead atoms. The Morgan fingerprint density at radius 1 is 0.733 bits per heavy atom. The third-order valence-corrected chi connectivity index (χ3v) is 7.92. The fraction of sp³-hybridized carbons (Fsp3) is 0.256. The fourth-order valence-electron chi connectivity index (χ4n) is 5.35. The van der Waals surface area contributed by atoms with Crippen LogP contribution in [0.1, 0.15) is 87.5 Å².